The average molecular weight is 235 g/mol. The topological polar surface area (TPSA) is 43.8 Å². The first kappa shape index (κ1) is 11.4. The average Bonchev–Trinajstić information content (AvgIpc) is 2.92. The van der Waals surface area contributed by atoms with Crippen molar-refractivity contribution in [2.24, 2.45) is 5.73 Å². The van der Waals surface area contributed by atoms with E-state index in [1.165, 1.54) is 4.88 Å². The molecule has 0 radical (unpaired) electrons. The SMILES string of the molecule is CCC(N)Cc1nccn1Cc1cccs1. The van der Waals surface area contributed by atoms with Crippen LogP contribution in [0.25, 0.3) is 0 Å². The van der Waals surface area contributed by atoms with Crippen LogP contribution < -0.4 is 5.73 Å². The highest BCUT2D eigenvalue weighted by molar-refractivity contribution is 7.09. The highest BCUT2D eigenvalue weighted by Gasteiger charge is 2.08. The lowest BCUT2D eigenvalue weighted by atomic mass is 10.1. The van der Waals surface area contributed by atoms with Gasteiger partial charge in [0.2, 0.25) is 0 Å². The summed E-state index contributed by atoms with van der Waals surface area (Å²) in [6.07, 6.45) is 5.73. The van der Waals surface area contributed by atoms with E-state index in [4.69, 9.17) is 5.73 Å². The van der Waals surface area contributed by atoms with Crippen LogP contribution in [0.3, 0.4) is 0 Å². The van der Waals surface area contributed by atoms with E-state index in [0.29, 0.717) is 0 Å². The van der Waals surface area contributed by atoms with Crippen molar-refractivity contribution in [3.05, 3.63) is 40.6 Å². The predicted molar refractivity (Wildman–Crippen MR) is 67.6 cm³/mol. The van der Waals surface area contributed by atoms with Crippen LogP contribution in [-0.2, 0) is 13.0 Å². The summed E-state index contributed by atoms with van der Waals surface area (Å²) in [5, 5.41) is 2.10. The quantitative estimate of drug-likeness (QED) is 0.864. The summed E-state index contributed by atoms with van der Waals surface area (Å²) in [6, 6.07) is 4.44. The van der Waals surface area contributed by atoms with Crippen molar-refractivity contribution >= 4 is 11.3 Å². The number of imidazole rings is 1. The van der Waals surface area contributed by atoms with E-state index in [1.54, 1.807) is 11.3 Å². The van der Waals surface area contributed by atoms with E-state index in [1.807, 2.05) is 12.4 Å². The summed E-state index contributed by atoms with van der Waals surface area (Å²) in [5.41, 5.74) is 5.96. The summed E-state index contributed by atoms with van der Waals surface area (Å²) in [4.78, 5) is 5.72. The molecule has 0 saturated heterocycles. The van der Waals surface area contributed by atoms with Crippen LogP contribution in [0.15, 0.2) is 29.9 Å². The standard InChI is InChI=1S/C12H17N3S/c1-2-10(13)8-12-14-5-6-15(12)9-11-4-3-7-16-11/h3-7,10H,2,8-9,13H2,1H3. The molecule has 3 nitrogen and oxygen atoms in total. The van der Waals surface area contributed by atoms with Gasteiger partial charge in [0.25, 0.3) is 0 Å². The monoisotopic (exact) mass is 235 g/mol. The maximum absolute atomic E-state index is 5.96. The number of nitrogens with two attached hydrogens (primary N) is 1. The maximum atomic E-state index is 5.96. The van der Waals surface area contributed by atoms with Gasteiger partial charge in [-0.15, -0.1) is 11.3 Å². The Labute approximate surface area is 99.9 Å². The fourth-order valence-electron chi connectivity index (χ4n) is 1.62. The second kappa shape index (κ2) is 5.27. The van der Waals surface area contributed by atoms with Crippen molar-refractivity contribution in [1.29, 1.82) is 0 Å². The van der Waals surface area contributed by atoms with E-state index in [-0.39, 0.29) is 6.04 Å². The summed E-state index contributed by atoms with van der Waals surface area (Å²) < 4.78 is 2.18. The summed E-state index contributed by atoms with van der Waals surface area (Å²) in [7, 11) is 0. The van der Waals surface area contributed by atoms with Gasteiger partial charge >= 0.3 is 0 Å². The van der Waals surface area contributed by atoms with Crippen molar-refractivity contribution in [3.8, 4) is 0 Å². The van der Waals surface area contributed by atoms with Crippen molar-refractivity contribution in [2.75, 3.05) is 0 Å². The number of hydrogen-bond donors (Lipinski definition) is 1. The lowest BCUT2D eigenvalue weighted by Gasteiger charge is -2.10. The number of nitrogens with zero attached hydrogens (tertiary/aromatic N) is 2. The minimum Gasteiger partial charge on any atom is -0.330 e. The Kier molecular flexibility index (Phi) is 3.74. The lowest BCUT2D eigenvalue weighted by molar-refractivity contribution is 0.598. The second-order valence-corrected chi connectivity index (χ2v) is 4.96. The van der Waals surface area contributed by atoms with Gasteiger partial charge in [-0.1, -0.05) is 13.0 Å². The molecule has 16 heavy (non-hydrogen) atoms. The van der Waals surface area contributed by atoms with Gasteiger partial charge in [0.1, 0.15) is 5.82 Å². The zero-order valence-electron chi connectivity index (χ0n) is 9.47. The van der Waals surface area contributed by atoms with Crippen LogP contribution in [-0.4, -0.2) is 15.6 Å². The molecule has 86 valence electrons. The van der Waals surface area contributed by atoms with E-state index in [0.717, 1.165) is 25.2 Å². The number of rotatable bonds is 5. The molecule has 2 aromatic rings. The van der Waals surface area contributed by atoms with Crippen LogP contribution in [0, 0.1) is 0 Å². The Balaban J connectivity index is 2.07. The first-order valence-corrected chi connectivity index (χ1v) is 6.45. The van der Waals surface area contributed by atoms with Gasteiger partial charge in [-0.05, 0) is 17.9 Å². The van der Waals surface area contributed by atoms with E-state index in [9.17, 15) is 0 Å². The molecule has 0 aromatic carbocycles. The zero-order chi connectivity index (χ0) is 11.4. The van der Waals surface area contributed by atoms with Crippen LogP contribution in [0.2, 0.25) is 0 Å². The Morgan fingerprint density at radius 3 is 3.12 bits per heavy atom. The van der Waals surface area contributed by atoms with Crippen molar-refractivity contribution < 1.29 is 0 Å². The molecule has 2 N–H and O–H groups in total. The van der Waals surface area contributed by atoms with Gasteiger partial charge in [-0.3, -0.25) is 0 Å². The van der Waals surface area contributed by atoms with E-state index < -0.39 is 0 Å². The molecule has 2 heterocycles. The van der Waals surface area contributed by atoms with Crippen LogP contribution in [0.5, 0.6) is 0 Å². The zero-order valence-corrected chi connectivity index (χ0v) is 10.3. The molecular formula is C12H17N3S. The maximum Gasteiger partial charge on any atom is 0.110 e. The van der Waals surface area contributed by atoms with Crippen molar-refractivity contribution in [3.63, 3.8) is 0 Å². The number of hydrogen-bond acceptors (Lipinski definition) is 3. The molecule has 4 heteroatoms. The molecule has 0 bridgehead atoms. The van der Waals surface area contributed by atoms with Gasteiger partial charge < -0.3 is 10.3 Å². The smallest absolute Gasteiger partial charge is 0.110 e. The lowest BCUT2D eigenvalue weighted by Crippen LogP contribution is -2.23. The predicted octanol–water partition coefficient (Wildman–Crippen LogP) is 2.27. The first-order valence-electron chi connectivity index (χ1n) is 5.57. The van der Waals surface area contributed by atoms with Gasteiger partial charge in [-0.25, -0.2) is 4.98 Å². The summed E-state index contributed by atoms with van der Waals surface area (Å²) >= 11 is 1.77. The Morgan fingerprint density at radius 2 is 2.44 bits per heavy atom. The van der Waals surface area contributed by atoms with Crippen LogP contribution in [0.4, 0.5) is 0 Å². The third kappa shape index (κ3) is 2.71. The first-order chi connectivity index (χ1) is 7.79. The third-order valence-electron chi connectivity index (χ3n) is 2.68. The molecule has 0 amide bonds. The highest BCUT2D eigenvalue weighted by Crippen LogP contribution is 2.12. The fraction of sp³-hybridized carbons (Fsp3) is 0.417. The molecule has 0 saturated carbocycles. The molecule has 0 aliphatic heterocycles. The van der Waals surface area contributed by atoms with Gasteiger partial charge in [0.15, 0.2) is 0 Å². The van der Waals surface area contributed by atoms with Crippen molar-refractivity contribution in [2.45, 2.75) is 32.4 Å². The van der Waals surface area contributed by atoms with Gasteiger partial charge in [0.05, 0.1) is 6.54 Å². The Bertz CT molecular complexity index is 419. The molecule has 1 unspecified atom stereocenters. The molecule has 0 fully saturated rings. The minimum atomic E-state index is 0.212. The molecule has 2 aromatic heterocycles. The van der Waals surface area contributed by atoms with E-state index >= 15 is 0 Å². The molecular weight excluding hydrogens is 218 g/mol. The number of aromatic nitrogens is 2. The fourth-order valence-corrected chi connectivity index (χ4v) is 2.33. The van der Waals surface area contributed by atoms with Gasteiger partial charge in [-0.2, -0.15) is 0 Å². The van der Waals surface area contributed by atoms with Crippen LogP contribution in [0.1, 0.15) is 24.0 Å². The third-order valence-corrected chi connectivity index (χ3v) is 3.54. The normalized spacial score (nSPS) is 12.9. The molecule has 1 atom stereocenters. The number of thiophene rings is 1. The van der Waals surface area contributed by atoms with Crippen molar-refractivity contribution in [1.82, 2.24) is 9.55 Å². The molecule has 2 rings (SSSR count). The Hall–Kier alpha value is -1.13. The minimum absolute atomic E-state index is 0.212. The second-order valence-electron chi connectivity index (χ2n) is 3.92. The summed E-state index contributed by atoms with van der Waals surface area (Å²) in [6.45, 7) is 3.01. The molecule has 0 spiro atoms. The van der Waals surface area contributed by atoms with Crippen LogP contribution >= 0.6 is 11.3 Å². The summed E-state index contributed by atoms with van der Waals surface area (Å²) in [5.74, 6) is 1.09. The highest BCUT2D eigenvalue weighted by atomic mass is 32.1. The van der Waals surface area contributed by atoms with E-state index in [2.05, 4.69) is 34.0 Å². The molecule has 0 aliphatic carbocycles. The Morgan fingerprint density at radius 1 is 1.56 bits per heavy atom. The van der Waals surface area contributed by atoms with Gasteiger partial charge in [0, 0.05) is 29.7 Å². The molecule has 0 aliphatic rings. The largest absolute Gasteiger partial charge is 0.330 e.